The van der Waals surface area contributed by atoms with E-state index < -0.39 is 5.60 Å². The summed E-state index contributed by atoms with van der Waals surface area (Å²) in [5, 5.41) is 11.8. The van der Waals surface area contributed by atoms with Gasteiger partial charge in [-0.1, -0.05) is 0 Å². The van der Waals surface area contributed by atoms with Crippen molar-refractivity contribution in [2.45, 2.75) is 31.9 Å². The highest BCUT2D eigenvalue weighted by Gasteiger charge is 2.27. The van der Waals surface area contributed by atoms with Crippen LogP contribution >= 0.6 is 11.3 Å². The summed E-state index contributed by atoms with van der Waals surface area (Å²) in [5.41, 5.74) is 0.168. The maximum atomic E-state index is 11.9. The molecule has 19 heavy (non-hydrogen) atoms. The molecule has 0 amide bonds. The number of nitrogens with one attached hydrogen (secondary N) is 1. The number of hydrogen-bond donors (Lipinski definition) is 2. The molecular weight excluding hydrogens is 262 g/mol. The average Bonchev–Trinajstić information content (AvgIpc) is 2.81. The standard InChI is InChI=1S/C13H17N3O2S/c1-13(18)3-5-16(6-4-13)8-10-14-9-2-7-19-11(9)12(17)15-10/h2,7,18H,3-6,8H2,1H3,(H,14,15,17). The van der Waals surface area contributed by atoms with E-state index >= 15 is 0 Å². The quantitative estimate of drug-likeness (QED) is 0.870. The highest BCUT2D eigenvalue weighted by atomic mass is 32.1. The lowest BCUT2D eigenvalue weighted by atomic mass is 9.94. The fourth-order valence-electron chi connectivity index (χ4n) is 2.40. The second kappa shape index (κ2) is 4.70. The highest BCUT2D eigenvalue weighted by molar-refractivity contribution is 7.17. The molecule has 1 aliphatic heterocycles. The van der Waals surface area contributed by atoms with Crippen molar-refractivity contribution >= 4 is 21.6 Å². The molecule has 0 aliphatic carbocycles. The van der Waals surface area contributed by atoms with Crippen LogP contribution in [0.15, 0.2) is 16.2 Å². The summed E-state index contributed by atoms with van der Waals surface area (Å²) in [6.07, 6.45) is 1.52. The Kier molecular flexibility index (Phi) is 3.16. The lowest BCUT2D eigenvalue weighted by Crippen LogP contribution is -2.42. The lowest BCUT2D eigenvalue weighted by Gasteiger charge is -2.35. The number of rotatable bonds is 2. The minimum absolute atomic E-state index is 0.0565. The molecule has 0 atom stereocenters. The summed E-state index contributed by atoms with van der Waals surface area (Å²) in [7, 11) is 0. The van der Waals surface area contributed by atoms with Crippen LogP contribution in [0.2, 0.25) is 0 Å². The smallest absolute Gasteiger partial charge is 0.268 e. The van der Waals surface area contributed by atoms with Crippen molar-refractivity contribution in [3.8, 4) is 0 Å². The number of thiophene rings is 1. The first-order valence-electron chi connectivity index (χ1n) is 6.45. The summed E-state index contributed by atoms with van der Waals surface area (Å²) in [6.45, 7) is 4.18. The predicted octanol–water partition coefficient (Wildman–Crippen LogP) is 1.33. The second-order valence-electron chi connectivity index (χ2n) is 5.42. The summed E-state index contributed by atoms with van der Waals surface area (Å²) in [5.74, 6) is 0.706. The van der Waals surface area contributed by atoms with E-state index in [0.717, 1.165) is 31.4 Å². The summed E-state index contributed by atoms with van der Waals surface area (Å²) >= 11 is 1.42. The molecule has 2 aromatic rings. The van der Waals surface area contributed by atoms with Crippen molar-refractivity contribution in [2.24, 2.45) is 0 Å². The number of piperidine rings is 1. The van der Waals surface area contributed by atoms with E-state index in [0.29, 0.717) is 17.1 Å². The van der Waals surface area contributed by atoms with Crippen LogP contribution in [0.25, 0.3) is 10.2 Å². The number of hydrogen-bond acceptors (Lipinski definition) is 5. The first-order valence-corrected chi connectivity index (χ1v) is 7.33. The molecule has 1 aliphatic rings. The molecule has 3 heterocycles. The van der Waals surface area contributed by atoms with Crippen LogP contribution in [-0.2, 0) is 6.54 Å². The van der Waals surface area contributed by atoms with Gasteiger partial charge in [0.2, 0.25) is 0 Å². The van der Waals surface area contributed by atoms with E-state index in [1.807, 2.05) is 18.4 Å². The van der Waals surface area contributed by atoms with Crippen molar-refractivity contribution in [3.63, 3.8) is 0 Å². The first kappa shape index (κ1) is 12.8. The van der Waals surface area contributed by atoms with Crippen molar-refractivity contribution < 1.29 is 5.11 Å². The molecule has 102 valence electrons. The van der Waals surface area contributed by atoms with Gasteiger partial charge < -0.3 is 10.1 Å². The lowest BCUT2D eigenvalue weighted by molar-refractivity contribution is -0.00787. The SMILES string of the molecule is CC1(O)CCN(Cc2nc3ccsc3c(=O)[nH]2)CC1. The van der Waals surface area contributed by atoms with Gasteiger partial charge in [0.05, 0.1) is 17.7 Å². The zero-order valence-corrected chi connectivity index (χ0v) is 11.7. The topological polar surface area (TPSA) is 69.2 Å². The van der Waals surface area contributed by atoms with Crippen LogP contribution in [0.1, 0.15) is 25.6 Å². The Morgan fingerprint density at radius 3 is 3.00 bits per heavy atom. The van der Waals surface area contributed by atoms with Crippen molar-refractivity contribution in [3.05, 3.63) is 27.6 Å². The average molecular weight is 279 g/mol. The van der Waals surface area contributed by atoms with Crippen LogP contribution in [0, 0.1) is 0 Å². The molecule has 6 heteroatoms. The van der Waals surface area contributed by atoms with Gasteiger partial charge in [-0.15, -0.1) is 11.3 Å². The number of H-pyrrole nitrogens is 1. The number of nitrogens with zero attached hydrogens (tertiary/aromatic N) is 2. The Bertz CT molecular complexity index is 637. The van der Waals surface area contributed by atoms with Crippen LogP contribution in [-0.4, -0.2) is 38.7 Å². The summed E-state index contributed by atoms with van der Waals surface area (Å²) < 4.78 is 0.685. The number of aromatic nitrogens is 2. The van der Waals surface area contributed by atoms with Crippen LogP contribution in [0.3, 0.4) is 0 Å². The minimum atomic E-state index is -0.547. The summed E-state index contributed by atoms with van der Waals surface area (Å²) in [6, 6.07) is 1.87. The molecule has 0 unspecified atom stereocenters. The van der Waals surface area contributed by atoms with E-state index in [1.165, 1.54) is 11.3 Å². The molecule has 5 nitrogen and oxygen atoms in total. The van der Waals surface area contributed by atoms with Gasteiger partial charge in [-0.05, 0) is 31.2 Å². The Hall–Kier alpha value is -1.24. The van der Waals surface area contributed by atoms with Crippen LogP contribution in [0.4, 0.5) is 0 Å². The molecule has 1 fully saturated rings. The van der Waals surface area contributed by atoms with E-state index in [-0.39, 0.29) is 5.56 Å². The maximum absolute atomic E-state index is 11.9. The maximum Gasteiger partial charge on any atom is 0.268 e. The van der Waals surface area contributed by atoms with E-state index in [9.17, 15) is 9.90 Å². The number of likely N-dealkylation sites (tertiary alicyclic amines) is 1. The van der Waals surface area contributed by atoms with Gasteiger partial charge >= 0.3 is 0 Å². The van der Waals surface area contributed by atoms with Gasteiger partial charge in [-0.25, -0.2) is 4.98 Å². The molecule has 0 spiro atoms. The van der Waals surface area contributed by atoms with Gasteiger partial charge in [-0.3, -0.25) is 9.69 Å². The molecule has 0 bridgehead atoms. The van der Waals surface area contributed by atoms with Gasteiger partial charge in [0.15, 0.2) is 0 Å². The largest absolute Gasteiger partial charge is 0.390 e. The fraction of sp³-hybridized carbons (Fsp3) is 0.538. The monoisotopic (exact) mass is 279 g/mol. The Morgan fingerprint density at radius 2 is 2.26 bits per heavy atom. The van der Waals surface area contributed by atoms with E-state index in [4.69, 9.17) is 0 Å². The van der Waals surface area contributed by atoms with Gasteiger partial charge in [0.25, 0.3) is 5.56 Å². The van der Waals surface area contributed by atoms with Crippen molar-refractivity contribution in [1.29, 1.82) is 0 Å². The van der Waals surface area contributed by atoms with Gasteiger partial charge in [0.1, 0.15) is 10.5 Å². The predicted molar refractivity (Wildman–Crippen MR) is 75.4 cm³/mol. The summed E-state index contributed by atoms with van der Waals surface area (Å²) in [4.78, 5) is 21.4. The highest BCUT2D eigenvalue weighted by Crippen LogP contribution is 2.22. The molecule has 3 rings (SSSR count). The molecule has 0 radical (unpaired) electrons. The third-order valence-electron chi connectivity index (χ3n) is 3.67. The number of fused-ring (bicyclic) bond motifs is 1. The third-order valence-corrected chi connectivity index (χ3v) is 4.57. The first-order chi connectivity index (χ1) is 9.03. The van der Waals surface area contributed by atoms with Gasteiger partial charge in [0, 0.05) is 13.1 Å². The van der Waals surface area contributed by atoms with Crippen molar-refractivity contribution in [1.82, 2.24) is 14.9 Å². The Labute approximate surface area is 114 Å². The Morgan fingerprint density at radius 1 is 1.53 bits per heavy atom. The molecular formula is C13H17N3O2S. The molecule has 2 aromatic heterocycles. The molecule has 1 saturated heterocycles. The number of aromatic amines is 1. The molecule has 2 N–H and O–H groups in total. The molecule has 0 saturated carbocycles. The van der Waals surface area contributed by atoms with Crippen molar-refractivity contribution in [2.75, 3.05) is 13.1 Å². The van der Waals surface area contributed by atoms with Gasteiger partial charge in [-0.2, -0.15) is 0 Å². The fourth-order valence-corrected chi connectivity index (χ4v) is 3.13. The van der Waals surface area contributed by atoms with E-state index in [2.05, 4.69) is 14.9 Å². The third kappa shape index (κ3) is 2.70. The van der Waals surface area contributed by atoms with Crippen LogP contribution in [0.5, 0.6) is 0 Å². The minimum Gasteiger partial charge on any atom is -0.390 e. The normalized spacial score (nSPS) is 19.9. The molecule has 0 aromatic carbocycles. The van der Waals surface area contributed by atoms with E-state index in [1.54, 1.807) is 0 Å². The zero-order chi connectivity index (χ0) is 13.5. The zero-order valence-electron chi connectivity index (χ0n) is 10.8. The van der Waals surface area contributed by atoms with Crippen LogP contribution < -0.4 is 5.56 Å². The Balaban J connectivity index is 1.77. The number of aliphatic hydroxyl groups is 1. The second-order valence-corrected chi connectivity index (χ2v) is 6.34.